The molecule has 0 atom stereocenters. The first kappa shape index (κ1) is 14.8. The fourth-order valence-electron chi connectivity index (χ4n) is 2.77. The summed E-state index contributed by atoms with van der Waals surface area (Å²) < 4.78 is 1.13. The van der Waals surface area contributed by atoms with Crippen LogP contribution in [0.1, 0.15) is 49.3 Å². The highest BCUT2D eigenvalue weighted by molar-refractivity contribution is 9.10. The number of halogens is 1. The van der Waals surface area contributed by atoms with Crippen LogP contribution < -0.4 is 5.32 Å². The van der Waals surface area contributed by atoms with E-state index in [9.17, 15) is 0 Å². The van der Waals surface area contributed by atoms with Crippen LogP contribution in [-0.2, 0) is 12.1 Å². The van der Waals surface area contributed by atoms with Gasteiger partial charge in [-0.2, -0.15) is 0 Å². The Morgan fingerprint density at radius 2 is 1.71 bits per heavy atom. The first-order chi connectivity index (χ1) is 10.1. The van der Waals surface area contributed by atoms with Gasteiger partial charge < -0.3 is 5.32 Å². The SMILES string of the molecule is CC(C)(NCc1ccccc1C1CC1)c1ccc(Br)cc1. The van der Waals surface area contributed by atoms with Gasteiger partial charge in [-0.25, -0.2) is 0 Å². The molecule has 0 saturated heterocycles. The number of nitrogens with one attached hydrogen (secondary N) is 1. The van der Waals surface area contributed by atoms with Crippen molar-refractivity contribution in [2.45, 2.75) is 44.7 Å². The third-order valence-electron chi connectivity index (χ3n) is 4.36. The third kappa shape index (κ3) is 3.56. The molecule has 2 aromatic carbocycles. The molecule has 0 aliphatic heterocycles. The van der Waals surface area contributed by atoms with Crippen LogP contribution in [-0.4, -0.2) is 0 Å². The maximum absolute atomic E-state index is 3.72. The van der Waals surface area contributed by atoms with Crippen LogP contribution in [0.15, 0.2) is 53.0 Å². The molecule has 0 spiro atoms. The summed E-state index contributed by atoms with van der Waals surface area (Å²) in [6, 6.07) is 17.5. The standard InChI is InChI=1S/C19H22BrN/c1-19(2,16-9-11-17(20)12-10-16)21-13-15-5-3-4-6-18(15)14-7-8-14/h3-6,9-12,14,21H,7-8,13H2,1-2H3. The van der Waals surface area contributed by atoms with E-state index in [2.05, 4.69) is 83.6 Å². The van der Waals surface area contributed by atoms with Crippen LogP contribution in [0, 0.1) is 0 Å². The molecule has 0 aromatic heterocycles. The average Bonchev–Trinajstić information content (AvgIpc) is 3.31. The van der Waals surface area contributed by atoms with E-state index in [1.54, 1.807) is 0 Å². The van der Waals surface area contributed by atoms with Crippen molar-refractivity contribution >= 4 is 15.9 Å². The topological polar surface area (TPSA) is 12.0 Å². The van der Waals surface area contributed by atoms with E-state index in [0.717, 1.165) is 16.9 Å². The monoisotopic (exact) mass is 343 g/mol. The molecular formula is C19H22BrN. The van der Waals surface area contributed by atoms with Crippen molar-refractivity contribution < 1.29 is 0 Å². The summed E-state index contributed by atoms with van der Waals surface area (Å²) in [5, 5.41) is 3.72. The maximum atomic E-state index is 3.72. The summed E-state index contributed by atoms with van der Waals surface area (Å²) in [7, 11) is 0. The molecule has 0 unspecified atom stereocenters. The van der Waals surface area contributed by atoms with Crippen molar-refractivity contribution in [2.24, 2.45) is 0 Å². The van der Waals surface area contributed by atoms with Crippen molar-refractivity contribution in [1.29, 1.82) is 0 Å². The van der Waals surface area contributed by atoms with Crippen molar-refractivity contribution in [3.8, 4) is 0 Å². The molecule has 1 nitrogen and oxygen atoms in total. The Kier molecular flexibility index (Phi) is 4.19. The molecule has 1 saturated carbocycles. The minimum absolute atomic E-state index is 0.0304. The summed E-state index contributed by atoms with van der Waals surface area (Å²) in [4.78, 5) is 0. The summed E-state index contributed by atoms with van der Waals surface area (Å²) in [5.74, 6) is 0.804. The van der Waals surface area contributed by atoms with Crippen molar-refractivity contribution in [1.82, 2.24) is 5.32 Å². The molecule has 1 N–H and O–H groups in total. The number of benzene rings is 2. The van der Waals surface area contributed by atoms with Gasteiger partial charge in [0.15, 0.2) is 0 Å². The number of hydrogen-bond acceptors (Lipinski definition) is 1. The quantitative estimate of drug-likeness (QED) is 0.771. The summed E-state index contributed by atoms with van der Waals surface area (Å²) in [6.45, 7) is 5.42. The highest BCUT2D eigenvalue weighted by atomic mass is 79.9. The van der Waals surface area contributed by atoms with Gasteiger partial charge in [0.1, 0.15) is 0 Å². The number of rotatable bonds is 5. The summed E-state index contributed by atoms with van der Waals surface area (Å²) in [5.41, 5.74) is 4.27. The van der Waals surface area contributed by atoms with Crippen molar-refractivity contribution in [3.63, 3.8) is 0 Å². The lowest BCUT2D eigenvalue weighted by Crippen LogP contribution is -2.36. The van der Waals surface area contributed by atoms with Gasteiger partial charge in [-0.15, -0.1) is 0 Å². The zero-order chi connectivity index (χ0) is 14.9. The van der Waals surface area contributed by atoms with Crippen LogP contribution >= 0.6 is 15.9 Å². The Bertz CT molecular complexity index is 612. The van der Waals surface area contributed by atoms with Crippen LogP contribution in [0.25, 0.3) is 0 Å². The van der Waals surface area contributed by atoms with Gasteiger partial charge in [0.25, 0.3) is 0 Å². The van der Waals surface area contributed by atoms with E-state index in [0.29, 0.717) is 0 Å². The molecule has 1 aliphatic carbocycles. The van der Waals surface area contributed by atoms with Crippen molar-refractivity contribution in [2.75, 3.05) is 0 Å². The van der Waals surface area contributed by atoms with Crippen LogP contribution in [0.4, 0.5) is 0 Å². The molecule has 110 valence electrons. The van der Waals surface area contributed by atoms with Gasteiger partial charge in [0.2, 0.25) is 0 Å². The van der Waals surface area contributed by atoms with E-state index >= 15 is 0 Å². The lowest BCUT2D eigenvalue weighted by Gasteiger charge is -2.28. The van der Waals surface area contributed by atoms with Crippen LogP contribution in [0.5, 0.6) is 0 Å². The lowest BCUT2D eigenvalue weighted by molar-refractivity contribution is 0.400. The Morgan fingerprint density at radius 1 is 1.05 bits per heavy atom. The van der Waals surface area contributed by atoms with E-state index < -0.39 is 0 Å². The minimum atomic E-state index is -0.0304. The fourth-order valence-corrected chi connectivity index (χ4v) is 3.04. The highest BCUT2D eigenvalue weighted by Gasteiger charge is 2.26. The Balaban J connectivity index is 1.73. The summed E-state index contributed by atoms with van der Waals surface area (Å²) in [6.07, 6.45) is 2.71. The molecule has 2 aromatic rings. The predicted octanol–water partition coefficient (Wildman–Crippen LogP) is 5.35. The van der Waals surface area contributed by atoms with Gasteiger partial charge in [0.05, 0.1) is 0 Å². The summed E-state index contributed by atoms with van der Waals surface area (Å²) >= 11 is 3.50. The van der Waals surface area contributed by atoms with E-state index in [-0.39, 0.29) is 5.54 Å². The lowest BCUT2D eigenvalue weighted by atomic mass is 9.93. The zero-order valence-corrected chi connectivity index (χ0v) is 14.3. The molecule has 0 amide bonds. The molecule has 1 aliphatic rings. The molecule has 0 radical (unpaired) electrons. The molecule has 0 bridgehead atoms. The molecular weight excluding hydrogens is 322 g/mol. The van der Waals surface area contributed by atoms with E-state index in [4.69, 9.17) is 0 Å². The van der Waals surface area contributed by atoms with Crippen LogP contribution in [0.3, 0.4) is 0 Å². The van der Waals surface area contributed by atoms with Crippen LogP contribution in [0.2, 0.25) is 0 Å². The molecule has 1 fully saturated rings. The smallest absolute Gasteiger partial charge is 0.0380 e. The predicted molar refractivity (Wildman–Crippen MR) is 92.4 cm³/mol. The van der Waals surface area contributed by atoms with Crippen molar-refractivity contribution in [3.05, 3.63) is 69.7 Å². The average molecular weight is 344 g/mol. The normalized spacial score (nSPS) is 15.2. The molecule has 3 rings (SSSR count). The molecule has 21 heavy (non-hydrogen) atoms. The Labute approximate surface area is 135 Å². The molecule has 0 heterocycles. The first-order valence-corrected chi connectivity index (χ1v) is 8.44. The fraction of sp³-hybridized carbons (Fsp3) is 0.368. The molecule has 2 heteroatoms. The number of hydrogen-bond donors (Lipinski definition) is 1. The van der Waals surface area contributed by atoms with E-state index in [1.165, 1.54) is 29.5 Å². The van der Waals surface area contributed by atoms with Gasteiger partial charge in [-0.05, 0) is 61.4 Å². The maximum Gasteiger partial charge on any atom is 0.0380 e. The van der Waals surface area contributed by atoms with Gasteiger partial charge >= 0.3 is 0 Å². The first-order valence-electron chi connectivity index (χ1n) is 7.65. The van der Waals surface area contributed by atoms with Gasteiger partial charge in [0, 0.05) is 16.6 Å². The van der Waals surface area contributed by atoms with Gasteiger partial charge in [-0.3, -0.25) is 0 Å². The highest BCUT2D eigenvalue weighted by Crippen LogP contribution is 2.41. The van der Waals surface area contributed by atoms with E-state index in [1.807, 2.05) is 0 Å². The second kappa shape index (κ2) is 5.94. The second-order valence-corrected chi connectivity index (χ2v) is 7.37. The largest absolute Gasteiger partial charge is 0.304 e. The van der Waals surface area contributed by atoms with Gasteiger partial charge in [-0.1, -0.05) is 52.3 Å². The minimum Gasteiger partial charge on any atom is -0.304 e. The Hall–Kier alpha value is -1.12. The third-order valence-corrected chi connectivity index (χ3v) is 4.89. The second-order valence-electron chi connectivity index (χ2n) is 6.46. The Morgan fingerprint density at radius 3 is 2.38 bits per heavy atom. The zero-order valence-electron chi connectivity index (χ0n) is 12.7.